The van der Waals surface area contributed by atoms with E-state index in [1.807, 2.05) is 25.1 Å². The van der Waals surface area contributed by atoms with Crippen molar-refractivity contribution in [3.8, 4) is 0 Å². The van der Waals surface area contributed by atoms with Gasteiger partial charge in [0.25, 0.3) is 0 Å². The number of aryl methyl sites for hydroxylation is 2. The average molecular weight is 354 g/mol. The molecule has 0 radical (unpaired) electrons. The molecule has 1 unspecified atom stereocenters. The molecule has 1 atom stereocenters. The third kappa shape index (κ3) is 3.62. The van der Waals surface area contributed by atoms with Gasteiger partial charge in [0.05, 0.1) is 6.04 Å². The summed E-state index contributed by atoms with van der Waals surface area (Å²) in [6, 6.07) is 8.10. The van der Waals surface area contributed by atoms with Gasteiger partial charge in [0.1, 0.15) is 11.6 Å². The molecular formula is C17H18BrF2N. The van der Waals surface area contributed by atoms with Crippen LogP contribution in [0.4, 0.5) is 14.5 Å². The van der Waals surface area contributed by atoms with Crippen LogP contribution in [0, 0.1) is 18.6 Å². The minimum Gasteiger partial charge on any atom is -0.378 e. The molecule has 0 aliphatic heterocycles. The number of nitrogens with one attached hydrogen (secondary N) is 1. The molecule has 0 aliphatic carbocycles. The number of benzene rings is 2. The Bertz CT molecular complexity index is 655. The van der Waals surface area contributed by atoms with E-state index < -0.39 is 0 Å². The van der Waals surface area contributed by atoms with E-state index in [0.717, 1.165) is 22.1 Å². The standard InChI is InChI=1S/C17H18BrF2N/c1-4-12-8-13(18)5-6-17(12)21-11(3)14-9-15(19)10(2)7-16(14)20/h5-9,11,21H,4H2,1-3H3. The van der Waals surface area contributed by atoms with E-state index in [-0.39, 0.29) is 17.7 Å². The Balaban J connectivity index is 2.30. The zero-order valence-electron chi connectivity index (χ0n) is 12.3. The first-order chi connectivity index (χ1) is 9.92. The summed E-state index contributed by atoms with van der Waals surface area (Å²) in [7, 11) is 0. The van der Waals surface area contributed by atoms with Crippen molar-refractivity contribution >= 4 is 21.6 Å². The molecule has 1 nitrogen and oxygen atoms in total. The minimum atomic E-state index is -0.385. The van der Waals surface area contributed by atoms with Crippen molar-refractivity contribution < 1.29 is 8.78 Å². The third-order valence-electron chi connectivity index (χ3n) is 3.56. The molecule has 0 aromatic heterocycles. The second kappa shape index (κ2) is 6.56. The normalized spacial score (nSPS) is 12.3. The fourth-order valence-corrected chi connectivity index (χ4v) is 2.71. The molecule has 0 bridgehead atoms. The van der Waals surface area contributed by atoms with E-state index in [1.165, 1.54) is 12.1 Å². The van der Waals surface area contributed by atoms with Crippen molar-refractivity contribution in [2.45, 2.75) is 33.2 Å². The van der Waals surface area contributed by atoms with E-state index in [1.54, 1.807) is 6.92 Å². The highest BCUT2D eigenvalue weighted by Gasteiger charge is 2.15. The molecule has 0 spiro atoms. The third-order valence-corrected chi connectivity index (χ3v) is 4.06. The minimum absolute atomic E-state index is 0.313. The molecule has 0 amide bonds. The maximum atomic E-state index is 14.0. The van der Waals surface area contributed by atoms with Gasteiger partial charge < -0.3 is 5.32 Å². The molecule has 112 valence electrons. The number of anilines is 1. The Morgan fingerprint density at radius 2 is 1.86 bits per heavy atom. The van der Waals surface area contributed by atoms with E-state index in [2.05, 4.69) is 28.2 Å². The van der Waals surface area contributed by atoms with E-state index in [0.29, 0.717) is 11.1 Å². The number of rotatable bonds is 4. The summed E-state index contributed by atoms with van der Waals surface area (Å²) >= 11 is 3.44. The van der Waals surface area contributed by atoms with Crippen LogP contribution >= 0.6 is 15.9 Å². The molecule has 2 aromatic rings. The lowest BCUT2D eigenvalue weighted by Gasteiger charge is -2.19. The number of hydrogen-bond acceptors (Lipinski definition) is 1. The molecule has 0 saturated heterocycles. The summed E-state index contributed by atoms with van der Waals surface area (Å²) < 4.78 is 28.7. The van der Waals surface area contributed by atoms with Crippen molar-refractivity contribution in [1.29, 1.82) is 0 Å². The van der Waals surface area contributed by atoms with Gasteiger partial charge >= 0.3 is 0 Å². The van der Waals surface area contributed by atoms with Gasteiger partial charge in [-0.05, 0) is 61.7 Å². The Morgan fingerprint density at radius 1 is 1.14 bits per heavy atom. The highest BCUT2D eigenvalue weighted by Crippen LogP contribution is 2.28. The van der Waals surface area contributed by atoms with Crippen LogP contribution < -0.4 is 5.32 Å². The molecule has 4 heteroatoms. The highest BCUT2D eigenvalue weighted by atomic mass is 79.9. The van der Waals surface area contributed by atoms with Crippen LogP contribution in [0.2, 0.25) is 0 Å². The Labute approximate surface area is 132 Å². The summed E-state index contributed by atoms with van der Waals surface area (Å²) in [5, 5.41) is 3.26. The monoisotopic (exact) mass is 353 g/mol. The molecule has 0 heterocycles. The molecular weight excluding hydrogens is 336 g/mol. The van der Waals surface area contributed by atoms with Crippen molar-refractivity contribution in [3.63, 3.8) is 0 Å². The Kier molecular flexibility index (Phi) is 4.99. The van der Waals surface area contributed by atoms with Crippen LogP contribution in [0.5, 0.6) is 0 Å². The molecule has 2 aromatic carbocycles. The van der Waals surface area contributed by atoms with Gasteiger partial charge in [-0.15, -0.1) is 0 Å². The lowest BCUT2D eigenvalue weighted by Crippen LogP contribution is -2.11. The van der Waals surface area contributed by atoms with Crippen LogP contribution in [-0.2, 0) is 6.42 Å². The first-order valence-corrected chi connectivity index (χ1v) is 7.72. The van der Waals surface area contributed by atoms with E-state index in [4.69, 9.17) is 0 Å². The lowest BCUT2D eigenvalue weighted by atomic mass is 10.0. The molecule has 0 saturated carbocycles. The number of hydrogen-bond donors (Lipinski definition) is 1. The van der Waals surface area contributed by atoms with Gasteiger partial charge in [-0.1, -0.05) is 22.9 Å². The Morgan fingerprint density at radius 3 is 2.52 bits per heavy atom. The first-order valence-electron chi connectivity index (χ1n) is 6.93. The van der Waals surface area contributed by atoms with Crippen molar-refractivity contribution in [3.05, 3.63) is 63.1 Å². The average Bonchev–Trinajstić information content (AvgIpc) is 2.44. The van der Waals surface area contributed by atoms with Gasteiger partial charge in [-0.2, -0.15) is 0 Å². The van der Waals surface area contributed by atoms with Crippen LogP contribution in [0.3, 0.4) is 0 Å². The Hall–Kier alpha value is -1.42. The lowest BCUT2D eigenvalue weighted by molar-refractivity contribution is 0.571. The van der Waals surface area contributed by atoms with Crippen LogP contribution in [-0.4, -0.2) is 0 Å². The summed E-state index contributed by atoms with van der Waals surface area (Å²) in [6.45, 7) is 5.45. The fraction of sp³-hybridized carbons (Fsp3) is 0.294. The van der Waals surface area contributed by atoms with Crippen LogP contribution in [0.15, 0.2) is 34.8 Å². The quantitative estimate of drug-likeness (QED) is 0.735. The zero-order valence-corrected chi connectivity index (χ0v) is 13.9. The van der Waals surface area contributed by atoms with Gasteiger partial charge in [0.2, 0.25) is 0 Å². The second-order valence-electron chi connectivity index (χ2n) is 5.14. The highest BCUT2D eigenvalue weighted by molar-refractivity contribution is 9.10. The van der Waals surface area contributed by atoms with Gasteiger partial charge in [-0.25, -0.2) is 8.78 Å². The first kappa shape index (κ1) is 16.0. The smallest absolute Gasteiger partial charge is 0.128 e. The molecule has 0 fully saturated rings. The largest absolute Gasteiger partial charge is 0.378 e. The summed E-state index contributed by atoms with van der Waals surface area (Å²) in [5.74, 6) is -0.768. The summed E-state index contributed by atoms with van der Waals surface area (Å²) in [4.78, 5) is 0. The predicted molar refractivity (Wildman–Crippen MR) is 86.7 cm³/mol. The number of halogens is 3. The van der Waals surface area contributed by atoms with Gasteiger partial charge in [0, 0.05) is 15.7 Å². The van der Waals surface area contributed by atoms with Gasteiger partial charge in [0.15, 0.2) is 0 Å². The molecule has 0 aliphatic rings. The molecule has 2 rings (SSSR count). The molecule has 1 N–H and O–H groups in total. The maximum absolute atomic E-state index is 14.0. The van der Waals surface area contributed by atoms with Gasteiger partial charge in [-0.3, -0.25) is 0 Å². The summed E-state index contributed by atoms with van der Waals surface area (Å²) in [5.41, 5.74) is 2.72. The van der Waals surface area contributed by atoms with Crippen LogP contribution in [0.1, 0.15) is 36.6 Å². The summed E-state index contributed by atoms with van der Waals surface area (Å²) in [6.07, 6.45) is 0.860. The molecule has 21 heavy (non-hydrogen) atoms. The van der Waals surface area contributed by atoms with Crippen LogP contribution in [0.25, 0.3) is 0 Å². The SMILES string of the molecule is CCc1cc(Br)ccc1NC(C)c1cc(F)c(C)cc1F. The van der Waals surface area contributed by atoms with Crippen molar-refractivity contribution in [2.75, 3.05) is 5.32 Å². The van der Waals surface area contributed by atoms with Crippen molar-refractivity contribution in [1.82, 2.24) is 0 Å². The van der Waals surface area contributed by atoms with Crippen molar-refractivity contribution in [2.24, 2.45) is 0 Å². The van der Waals surface area contributed by atoms with E-state index >= 15 is 0 Å². The zero-order chi connectivity index (χ0) is 15.6. The second-order valence-corrected chi connectivity index (χ2v) is 6.06. The topological polar surface area (TPSA) is 12.0 Å². The maximum Gasteiger partial charge on any atom is 0.128 e. The predicted octanol–water partition coefficient (Wildman–Crippen LogP) is 5.77. The van der Waals surface area contributed by atoms with E-state index in [9.17, 15) is 8.78 Å². The fourth-order valence-electron chi connectivity index (χ4n) is 2.30.